The second kappa shape index (κ2) is 9.36. The standard InChI is InChI=1S/C17H25N3O.2ClH/c18-14-7-5-6-13(12-14)17(21)19-15-8-1-2-9-16(15)20-10-3-4-11-20;;/h1-2,8-9,13-14H,3-7,10-12,18H2,(H,19,21);2*1H. The van der Waals surface area contributed by atoms with Gasteiger partial charge < -0.3 is 16.0 Å². The number of nitrogens with two attached hydrogens (primary N) is 1. The van der Waals surface area contributed by atoms with Gasteiger partial charge in [-0.25, -0.2) is 0 Å². The van der Waals surface area contributed by atoms with E-state index in [-0.39, 0.29) is 42.7 Å². The van der Waals surface area contributed by atoms with Crippen molar-refractivity contribution in [3.05, 3.63) is 24.3 Å². The zero-order valence-electron chi connectivity index (χ0n) is 13.4. The van der Waals surface area contributed by atoms with E-state index in [0.29, 0.717) is 0 Å². The minimum Gasteiger partial charge on any atom is -0.370 e. The summed E-state index contributed by atoms with van der Waals surface area (Å²) in [6.07, 6.45) is 6.36. The van der Waals surface area contributed by atoms with Crippen LogP contribution >= 0.6 is 24.8 Å². The van der Waals surface area contributed by atoms with Crippen molar-refractivity contribution in [2.45, 2.75) is 44.6 Å². The fourth-order valence-electron chi connectivity index (χ4n) is 3.51. The summed E-state index contributed by atoms with van der Waals surface area (Å²) in [5.74, 6) is 0.206. The first-order chi connectivity index (χ1) is 10.2. The van der Waals surface area contributed by atoms with Crippen LogP contribution in [-0.4, -0.2) is 25.0 Å². The van der Waals surface area contributed by atoms with E-state index in [4.69, 9.17) is 5.73 Å². The van der Waals surface area contributed by atoms with Gasteiger partial charge in [-0.1, -0.05) is 18.6 Å². The minimum atomic E-state index is 0. The molecule has 130 valence electrons. The number of carbonyl (C=O) groups is 1. The predicted octanol–water partition coefficient (Wildman–Crippen LogP) is 3.59. The molecular formula is C17H27Cl2N3O. The third-order valence-electron chi connectivity index (χ3n) is 4.69. The molecule has 0 radical (unpaired) electrons. The van der Waals surface area contributed by atoms with Crippen molar-refractivity contribution in [3.63, 3.8) is 0 Å². The van der Waals surface area contributed by atoms with Crippen LogP contribution in [-0.2, 0) is 4.79 Å². The Morgan fingerprint density at radius 1 is 1.09 bits per heavy atom. The van der Waals surface area contributed by atoms with Crippen molar-refractivity contribution in [2.75, 3.05) is 23.3 Å². The summed E-state index contributed by atoms with van der Waals surface area (Å²) < 4.78 is 0. The van der Waals surface area contributed by atoms with Crippen molar-refractivity contribution in [3.8, 4) is 0 Å². The van der Waals surface area contributed by atoms with Crippen LogP contribution in [0.1, 0.15) is 38.5 Å². The highest BCUT2D eigenvalue weighted by molar-refractivity contribution is 5.96. The van der Waals surface area contributed by atoms with Crippen molar-refractivity contribution in [2.24, 2.45) is 11.7 Å². The van der Waals surface area contributed by atoms with E-state index in [9.17, 15) is 4.79 Å². The number of para-hydroxylation sites is 2. The first-order valence-corrected chi connectivity index (χ1v) is 8.14. The summed E-state index contributed by atoms with van der Waals surface area (Å²) in [5.41, 5.74) is 8.10. The molecule has 1 aliphatic heterocycles. The van der Waals surface area contributed by atoms with Gasteiger partial charge in [0.15, 0.2) is 0 Å². The number of amides is 1. The van der Waals surface area contributed by atoms with Crippen LogP contribution < -0.4 is 16.0 Å². The Hall–Kier alpha value is -0.970. The van der Waals surface area contributed by atoms with E-state index < -0.39 is 0 Å². The lowest BCUT2D eigenvalue weighted by atomic mass is 9.85. The summed E-state index contributed by atoms with van der Waals surface area (Å²) in [6.45, 7) is 2.17. The smallest absolute Gasteiger partial charge is 0.227 e. The minimum absolute atomic E-state index is 0. The molecule has 1 aliphatic carbocycles. The normalized spacial score (nSPS) is 23.6. The third kappa shape index (κ3) is 5.00. The van der Waals surface area contributed by atoms with E-state index in [0.717, 1.165) is 50.1 Å². The summed E-state index contributed by atoms with van der Waals surface area (Å²) in [4.78, 5) is 14.9. The van der Waals surface area contributed by atoms with Crippen LogP contribution in [0, 0.1) is 5.92 Å². The highest BCUT2D eigenvalue weighted by Crippen LogP contribution is 2.30. The molecule has 0 spiro atoms. The van der Waals surface area contributed by atoms with E-state index >= 15 is 0 Å². The number of nitrogens with zero attached hydrogens (tertiary/aromatic N) is 1. The molecule has 1 aromatic rings. The lowest BCUT2D eigenvalue weighted by Crippen LogP contribution is -2.34. The first kappa shape index (κ1) is 20.1. The number of benzene rings is 1. The summed E-state index contributed by atoms with van der Waals surface area (Å²) in [5, 5.41) is 3.14. The number of anilines is 2. The lowest BCUT2D eigenvalue weighted by Gasteiger charge is -2.27. The molecule has 6 heteroatoms. The van der Waals surface area contributed by atoms with Crippen molar-refractivity contribution in [1.82, 2.24) is 0 Å². The topological polar surface area (TPSA) is 58.4 Å². The molecule has 2 atom stereocenters. The monoisotopic (exact) mass is 359 g/mol. The Bertz CT molecular complexity index is 506. The molecule has 1 aromatic carbocycles. The number of carbonyl (C=O) groups excluding carboxylic acids is 1. The maximum atomic E-state index is 12.5. The fraction of sp³-hybridized carbons (Fsp3) is 0.588. The average Bonchev–Trinajstić information content (AvgIpc) is 3.02. The molecule has 2 unspecified atom stereocenters. The largest absolute Gasteiger partial charge is 0.370 e. The number of hydrogen-bond donors (Lipinski definition) is 2. The Labute approximate surface area is 151 Å². The van der Waals surface area contributed by atoms with Gasteiger partial charge in [-0.2, -0.15) is 0 Å². The number of rotatable bonds is 3. The molecule has 23 heavy (non-hydrogen) atoms. The van der Waals surface area contributed by atoms with Crippen LogP contribution in [0.5, 0.6) is 0 Å². The van der Waals surface area contributed by atoms with Gasteiger partial charge in [0.2, 0.25) is 5.91 Å². The molecule has 0 bridgehead atoms. The van der Waals surface area contributed by atoms with E-state index in [2.05, 4.69) is 16.3 Å². The maximum Gasteiger partial charge on any atom is 0.227 e. The quantitative estimate of drug-likeness (QED) is 0.866. The van der Waals surface area contributed by atoms with Crippen LogP contribution in [0.4, 0.5) is 11.4 Å². The first-order valence-electron chi connectivity index (χ1n) is 8.14. The highest BCUT2D eigenvalue weighted by Gasteiger charge is 2.26. The summed E-state index contributed by atoms with van der Waals surface area (Å²) >= 11 is 0. The molecule has 4 nitrogen and oxygen atoms in total. The van der Waals surface area contributed by atoms with E-state index in [1.807, 2.05) is 18.2 Å². The molecule has 1 heterocycles. The van der Waals surface area contributed by atoms with Crippen LogP contribution in [0.2, 0.25) is 0 Å². The second-order valence-electron chi connectivity index (χ2n) is 6.32. The number of hydrogen-bond acceptors (Lipinski definition) is 3. The number of halogens is 2. The van der Waals surface area contributed by atoms with Crippen LogP contribution in [0.3, 0.4) is 0 Å². The SMILES string of the molecule is Cl.Cl.NC1CCCC(C(=O)Nc2ccccc2N2CCCC2)C1. The zero-order chi connectivity index (χ0) is 14.7. The molecule has 3 rings (SSSR count). The van der Waals surface area contributed by atoms with Gasteiger partial charge in [-0.3, -0.25) is 4.79 Å². The number of nitrogens with one attached hydrogen (secondary N) is 1. The molecule has 0 aromatic heterocycles. The molecule has 2 fully saturated rings. The second-order valence-corrected chi connectivity index (χ2v) is 6.32. The van der Waals surface area contributed by atoms with Crippen LogP contribution in [0.25, 0.3) is 0 Å². The molecule has 1 saturated carbocycles. The maximum absolute atomic E-state index is 12.5. The van der Waals surface area contributed by atoms with Gasteiger partial charge in [0.05, 0.1) is 11.4 Å². The fourth-order valence-corrected chi connectivity index (χ4v) is 3.51. The Balaban J connectivity index is 0.00000132. The highest BCUT2D eigenvalue weighted by atomic mass is 35.5. The average molecular weight is 360 g/mol. The van der Waals surface area contributed by atoms with Crippen molar-refractivity contribution < 1.29 is 4.79 Å². The van der Waals surface area contributed by atoms with Gasteiger partial charge in [0.25, 0.3) is 0 Å². The van der Waals surface area contributed by atoms with Crippen LogP contribution in [0.15, 0.2) is 24.3 Å². The molecule has 1 amide bonds. The van der Waals surface area contributed by atoms with Gasteiger partial charge >= 0.3 is 0 Å². The zero-order valence-corrected chi connectivity index (χ0v) is 15.0. The molecule has 1 saturated heterocycles. The Morgan fingerprint density at radius 2 is 1.78 bits per heavy atom. The van der Waals surface area contributed by atoms with Gasteiger partial charge in [0, 0.05) is 25.0 Å². The van der Waals surface area contributed by atoms with Gasteiger partial charge in [-0.15, -0.1) is 24.8 Å². The van der Waals surface area contributed by atoms with Gasteiger partial charge in [0.1, 0.15) is 0 Å². The van der Waals surface area contributed by atoms with Crippen molar-refractivity contribution >= 4 is 42.1 Å². The van der Waals surface area contributed by atoms with E-state index in [1.54, 1.807) is 0 Å². The van der Waals surface area contributed by atoms with Gasteiger partial charge in [-0.05, 0) is 44.2 Å². The predicted molar refractivity (Wildman–Crippen MR) is 101 cm³/mol. The Kier molecular flexibility index (Phi) is 8.17. The third-order valence-corrected chi connectivity index (χ3v) is 4.69. The van der Waals surface area contributed by atoms with Crippen molar-refractivity contribution in [1.29, 1.82) is 0 Å². The Morgan fingerprint density at radius 3 is 2.48 bits per heavy atom. The summed E-state index contributed by atoms with van der Waals surface area (Å²) in [7, 11) is 0. The summed E-state index contributed by atoms with van der Waals surface area (Å²) in [6, 6.07) is 8.33. The molecule has 2 aliphatic rings. The van der Waals surface area contributed by atoms with E-state index in [1.165, 1.54) is 12.8 Å². The molecular weight excluding hydrogens is 333 g/mol. The lowest BCUT2D eigenvalue weighted by molar-refractivity contribution is -0.120. The molecule has 3 N–H and O–H groups in total.